The second kappa shape index (κ2) is 7.21. The number of rotatable bonds is 5. The van der Waals surface area contributed by atoms with E-state index in [0.29, 0.717) is 19.3 Å². The van der Waals surface area contributed by atoms with Crippen LogP contribution in [0.3, 0.4) is 0 Å². The van der Waals surface area contributed by atoms with Gasteiger partial charge >= 0.3 is 0 Å². The van der Waals surface area contributed by atoms with Crippen molar-refractivity contribution in [1.29, 1.82) is 0 Å². The minimum absolute atomic E-state index is 0.156. The summed E-state index contributed by atoms with van der Waals surface area (Å²) in [5.41, 5.74) is 5.53. The van der Waals surface area contributed by atoms with Crippen LogP contribution in [0.4, 0.5) is 0 Å². The van der Waals surface area contributed by atoms with E-state index in [1.54, 1.807) is 0 Å². The number of ether oxygens (including phenoxy) is 2. The largest absolute Gasteiger partial charge is 0.376 e. The Kier molecular flexibility index (Phi) is 5.58. The highest BCUT2D eigenvalue weighted by Crippen LogP contribution is 2.20. The van der Waals surface area contributed by atoms with Crippen molar-refractivity contribution in [2.45, 2.75) is 46.3 Å². The standard InChI is InChI=1S/C17H27NO2/c1-5-18-16(17-11-19-6-7-20-17)10-15-13(3)8-12(2)9-14(15)4/h8-9,16-18H,5-7,10-11H2,1-4H3. The fourth-order valence-corrected chi connectivity index (χ4v) is 3.09. The molecule has 0 aromatic heterocycles. The van der Waals surface area contributed by atoms with Gasteiger partial charge in [-0.1, -0.05) is 24.6 Å². The number of likely N-dealkylation sites (N-methyl/N-ethyl adjacent to an activating group) is 1. The maximum absolute atomic E-state index is 5.88. The van der Waals surface area contributed by atoms with Gasteiger partial charge in [-0.05, 0) is 50.4 Å². The Hall–Kier alpha value is -0.900. The second-order valence-corrected chi connectivity index (χ2v) is 5.73. The second-order valence-electron chi connectivity index (χ2n) is 5.73. The molecule has 0 radical (unpaired) electrons. The van der Waals surface area contributed by atoms with Gasteiger partial charge in [0.05, 0.1) is 25.9 Å². The lowest BCUT2D eigenvalue weighted by Gasteiger charge is -2.31. The van der Waals surface area contributed by atoms with Crippen LogP contribution in [0.1, 0.15) is 29.2 Å². The summed E-state index contributed by atoms with van der Waals surface area (Å²) in [6.45, 7) is 11.8. The number of hydrogen-bond donors (Lipinski definition) is 1. The summed E-state index contributed by atoms with van der Waals surface area (Å²) >= 11 is 0. The Morgan fingerprint density at radius 1 is 1.20 bits per heavy atom. The molecule has 1 aliphatic rings. The number of hydrogen-bond acceptors (Lipinski definition) is 3. The first-order valence-electron chi connectivity index (χ1n) is 7.61. The summed E-state index contributed by atoms with van der Waals surface area (Å²) in [6, 6.07) is 4.85. The summed E-state index contributed by atoms with van der Waals surface area (Å²) in [7, 11) is 0. The predicted molar refractivity (Wildman–Crippen MR) is 82.4 cm³/mol. The van der Waals surface area contributed by atoms with Gasteiger partial charge in [0.2, 0.25) is 0 Å². The molecule has 0 bridgehead atoms. The van der Waals surface area contributed by atoms with Crippen molar-refractivity contribution in [3.05, 3.63) is 34.4 Å². The van der Waals surface area contributed by atoms with Gasteiger partial charge in [0.1, 0.15) is 0 Å². The minimum atomic E-state index is 0.156. The fraction of sp³-hybridized carbons (Fsp3) is 0.647. The van der Waals surface area contributed by atoms with Crippen molar-refractivity contribution in [3.63, 3.8) is 0 Å². The predicted octanol–water partition coefficient (Wildman–Crippen LogP) is 2.55. The Morgan fingerprint density at radius 3 is 2.45 bits per heavy atom. The fourth-order valence-electron chi connectivity index (χ4n) is 3.09. The lowest BCUT2D eigenvalue weighted by atomic mass is 9.92. The molecule has 3 heteroatoms. The molecule has 112 valence electrons. The monoisotopic (exact) mass is 277 g/mol. The molecule has 1 aliphatic heterocycles. The van der Waals surface area contributed by atoms with Gasteiger partial charge in [0, 0.05) is 6.04 Å². The van der Waals surface area contributed by atoms with Crippen molar-refractivity contribution in [2.75, 3.05) is 26.4 Å². The number of nitrogens with one attached hydrogen (secondary N) is 1. The maximum atomic E-state index is 5.88. The van der Waals surface area contributed by atoms with Crippen LogP contribution in [0.2, 0.25) is 0 Å². The molecule has 3 nitrogen and oxygen atoms in total. The van der Waals surface area contributed by atoms with Crippen LogP contribution in [0.15, 0.2) is 12.1 Å². The Bertz CT molecular complexity index is 416. The maximum Gasteiger partial charge on any atom is 0.0965 e. The van der Waals surface area contributed by atoms with Crippen LogP contribution < -0.4 is 5.32 Å². The van der Waals surface area contributed by atoms with Crippen LogP contribution in [-0.4, -0.2) is 38.5 Å². The lowest BCUT2D eigenvalue weighted by molar-refractivity contribution is -0.101. The highest BCUT2D eigenvalue weighted by Gasteiger charge is 2.25. The van der Waals surface area contributed by atoms with E-state index in [1.807, 2.05) is 0 Å². The molecule has 1 heterocycles. The highest BCUT2D eigenvalue weighted by atomic mass is 16.6. The van der Waals surface area contributed by atoms with E-state index < -0.39 is 0 Å². The van der Waals surface area contributed by atoms with Gasteiger partial charge in [-0.15, -0.1) is 0 Å². The van der Waals surface area contributed by atoms with Crippen molar-refractivity contribution in [1.82, 2.24) is 5.32 Å². The highest BCUT2D eigenvalue weighted by molar-refractivity contribution is 5.38. The molecule has 0 aliphatic carbocycles. The van der Waals surface area contributed by atoms with Crippen LogP contribution >= 0.6 is 0 Å². The van der Waals surface area contributed by atoms with Crippen molar-refractivity contribution >= 4 is 0 Å². The molecule has 1 aromatic carbocycles. The van der Waals surface area contributed by atoms with Crippen LogP contribution in [-0.2, 0) is 15.9 Å². The van der Waals surface area contributed by atoms with Gasteiger partial charge in [-0.3, -0.25) is 0 Å². The van der Waals surface area contributed by atoms with E-state index in [2.05, 4.69) is 45.1 Å². The molecule has 1 N–H and O–H groups in total. The Labute approximate surface area is 122 Å². The van der Waals surface area contributed by atoms with Gasteiger partial charge in [0.25, 0.3) is 0 Å². The van der Waals surface area contributed by atoms with Crippen LogP contribution in [0, 0.1) is 20.8 Å². The summed E-state index contributed by atoms with van der Waals surface area (Å²) in [5.74, 6) is 0. The van der Waals surface area contributed by atoms with Gasteiger partial charge in [-0.25, -0.2) is 0 Å². The van der Waals surface area contributed by atoms with E-state index in [1.165, 1.54) is 22.3 Å². The first-order valence-corrected chi connectivity index (χ1v) is 7.61. The van der Waals surface area contributed by atoms with Crippen molar-refractivity contribution in [2.24, 2.45) is 0 Å². The molecule has 1 saturated heterocycles. The number of aryl methyl sites for hydroxylation is 3. The first-order chi connectivity index (χ1) is 9.61. The number of benzene rings is 1. The molecule has 2 atom stereocenters. The smallest absolute Gasteiger partial charge is 0.0965 e. The SMILES string of the molecule is CCNC(Cc1c(C)cc(C)cc1C)C1COCCO1. The third-order valence-electron chi connectivity index (χ3n) is 4.02. The zero-order chi connectivity index (χ0) is 14.5. The molecular formula is C17H27NO2. The van der Waals surface area contributed by atoms with Gasteiger partial charge in [0.15, 0.2) is 0 Å². The summed E-state index contributed by atoms with van der Waals surface area (Å²) in [6.07, 6.45) is 1.16. The summed E-state index contributed by atoms with van der Waals surface area (Å²) in [5, 5.41) is 3.56. The molecule has 0 saturated carbocycles. The van der Waals surface area contributed by atoms with E-state index in [4.69, 9.17) is 9.47 Å². The van der Waals surface area contributed by atoms with Crippen molar-refractivity contribution < 1.29 is 9.47 Å². The summed E-state index contributed by atoms with van der Waals surface area (Å²) < 4.78 is 11.4. The van der Waals surface area contributed by atoms with E-state index >= 15 is 0 Å². The van der Waals surface area contributed by atoms with Crippen molar-refractivity contribution in [3.8, 4) is 0 Å². The lowest BCUT2D eigenvalue weighted by Crippen LogP contribution is -2.48. The third-order valence-corrected chi connectivity index (χ3v) is 4.02. The summed E-state index contributed by atoms with van der Waals surface area (Å²) in [4.78, 5) is 0. The van der Waals surface area contributed by atoms with Gasteiger partial charge < -0.3 is 14.8 Å². The molecule has 20 heavy (non-hydrogen) atoms. The quantitative estimate of drug-likeness (QED) is 0.897. The Morgan fingerprint density at radius 2 is 1.90 bits per heavy atom. The zero-order valence-electron chi connectivity index (χ0n) is 13.2. The molecule has 2 unspecified atom stereocenters. The molecule has 1 aromatic rings. The third kappa shape index (κ3) is 3.81. The molecule has 0 spiro atoms. The average molecular weight is 277 g/mol. The first kappa shape index (κ1) is 15.5. The minimum Gasteiger partial charge on any atom is -0.376 e. The molecular weight excluding hydrogens is 250 g/mol. The van der Waals surface area contributed by atoms with E-state index in [0.717, 1.165) is 19.6 Å². The van der Waals surface area contributed by atoms with Crippen LogP contribution in [0.5, 0.6) is 0 Å². The Balaban J connectivity index is 2.15. The zero-order valence-corrected chi connectivity index (χ0v) is 13.2. The van der Waals surface area contributed by atoms with E-state index in [9.17, 15) is 0 Å². The molecule has 1 fully saturated rings. The molecule has 0 amide bonds. The van der Waals surface area contributed by atoms with E-state index in [-0.39, 0.29) is 6.10 Å². The van der Waals surface area contributed by atoms with Crippen LogP contribution in [0.25, 0.3) is 0 Å². The molecule has 2 rings (SSSR count). The average Bonchev–Trinajstić information content (AvgIpc) is 2.42. The topological polar surface area (TPSA) is 30.5 Å². The normalized spacial score (nSPS) is 20.9. The van der Waals surface area contributed by atoms with Gasteiger partial charge in [-0.2, -0.15) is 0 Å².